The van der Waals surface area contributed by atoms with Crippen molar-refractivity contribution in [2.45, 2.75) is 78.6 Å². The van der Waals surface area contributed by atoms with Crippen LogP contribution in [0.25, 0.3) is 44.4 Å². The van der Waals surface area contributed by atoms with Gasteiger partial charge in [-0.2, -0.15) is 6.21 Å². The number of benzene rings is 5. The average molecular weight is 876 g/mol. The second-order valence-electron chi connectivity index (χ2n) is 14.4. The zero-order chi connectivity index (χ0) is 36.2. The molecule has 0 heterocycles. The summed E-state index contributed by atoms with van der Waals surface area (Å²) >= 11 is 0. The van der Waals surface area contributed by atoms with Gasteiger partial charge in [0.15, 0.2) is 11.5 Å². The molecule has 0 aromatic heterocycles. The van der Waals surface area contributed by atoms with Crippen LogP contribution in [-0.2, 0) is 25.5 Å². The normalized spacial score (nSPS) is 15.2. The van der Waals surface area contributed by atoms with Crippen molar-refractivity contribution in [3.63, 3.8) is 0 Å². The molecule has 0 saturated heterocycles. The fraction of sp³-hybridized carbons (Fsp3) is 0.286. The number of ether oxygens (including phenoxy) is 2. The van der Waals surface area contributed by atoms with E-state index in [0.717, 1.165) is 72.9 Å². The topological polar surface area (TPSA) is 40.8 Å². The standard InChI is InChI=1S/C49H49NO2.Ir/c1-6-8-14-25-51-47-31-42-40-27-34(4)35(5)28-45(40)49(46(42)32-48(47)52-26-15-9-7-2)43-21-11-10-20-39(43)41-30-38(22-23-44(41)49)37-19-16-18-36(29-37)33(3)17-12-13-24-50;/h10-13,16-17,19-24,27-32H,6-9,14-15,25-26H2,1-5H3;/q-2;/b13-12-,33-17?;. The van der Waals surface area contributed by atoms with Crippen molar-refractivity contribution in [1.82, 2.24) is 0 Å². The molecule has 7 rings (SSSR count). The van der Waals surface area contributed by atoms with E-state index in [9.17, 15) is 0 Å². The number of fused-ring (bicyclic) bond motifs is 10. The van der Waals surface area contributed by atoms with Crippen LogP contribution in [0.2, 0.25) is 0 Å². The molecule has 2 aliphatic carbocycles. The number of unbranched alkanes of at least 4 members (excludes halogenated alkanes) is 4. The summed E-state index contributed by atoms with van der Waals surface area (Å²) in [6.45, 7) is 12.3. The van der Waals surface area contributed by atoms with Gasteiger partial charge in [0, 0.05) is 20.1 Å². The molecule has 0 saturated carbocycles. The van der Waals surface area contributed by atoms with E-state index < -0.39 is 5.41 Å². The Balaban J connectivity index is 0.00000481. The molecule has 273 valence electrons. The van der Waals surface area contributed by atoms with Crippen molar-refractivity contribution in [1.29, 1.82) is 0 Å². The van der Waals surface area contributed by atoms with E-state index in [-0.39, 0.29) is 20.1 Å². The van der Waals surface area contributed by atoms with Crippen LogP contribution in [0.4, 0.5) is 0 Å². The summed E-state index contributed by atoms with van der Waals surface area (Å²) in [6.07, 6.45) is 13.2. The van der Waals surface area contributed by atoms with Crippen molar-refractivity contribution in [2.75, 3.05) is 13.2 Å². The van der Waals surface area contributed by atoms with Crippen LogP contribution in [0.5, 0.6) is 11.5 Å². The van der Waals surface area contributed by atoms with Crippen molar-refractivity contribution >= 4 is 11.8 Å². The van der Waals surface area contributed by atoms with Gasteiger partial charge in [0.2, 0.25) is 0 Å². The molecular weight excluding hydrogens is 827 g/mol. The predicted molar refractivity (Wildman–Crippen MR) is 219 cm³/mol. The fourth-order valence-corrected chi connectivity index (χ4v) is 8.14. The van der Waals surface area contributed by atoms with E-state index >= 15 is 0 Å². The van der Waals surface area contributed by atoms with Crippen LogP contribution < -0.4 is 9.47 Å². The van der Waals surface area contributed by atoms with Gasteiger partial charge in [-0.15, -0.1) is 47.0 Å². The third kappa shape index (κ3) is 7.00. The second-order valence-corrected chi connectivity index (χ2v) is 14.4. The Labute approximate surface area is 330 Å². The Morgan fingerprint density at radius 2 is 1.28 bits per heavy atom. The van der Waals surface area contributed by atoms with Crippen LogP contribution in [0.3, 0.4) is 0 Å². The quantitative estimate of drug-likeness (QED) is 0.0473. The fourth-order valence-electron chi connectivity index (χ4n) is 8.14. The summed E-state index contributed by atoms with van der Waals surface area (Å²) in [6, 6.07) is 35.2. The molecular formula is C49H49IrNO2-2. The average Bonchev–Trinajstić information content (AvgIpc) is 3.60. The van der Waals surface area contributed by atoms with E-state index in [1.165, 1.54) is 61.2 Å². The Morgan fingerprint density at radius 3 is 2.02 bits per heavy atom. The molecule has 5 aromatic carbocycles. The van der Waals surface area contributed by atoms with E-state index in [0.29, 0.717) is 13.2 Å². The number of hydrogen-bond donors (Lipinski definition) is 0. The zero-order valence-electron chi connectivity index (χ0n) is 31.6. The van der Waals surface area contributed by atoms with Gasteiger partial charge in [0.25, 0.3) is 0 Å². The smallest absolute Gasteiger partial charge is 0.161 e. The first-order valence-corrected chi connectivity index (χ1v) is 19.1. The molecule has 0 amide bonds. The minimum Gasteiger partial charge on any atom is -0.811 e. The van der Waals surface area contributed by atoms with Gasteiger partial charge in [-0.1, -0.05) is 107 Å². The van der Waals surface area contributed by atoms with Gasteiger partial charge in [-0.05, 0) is 106 Å². The molecule has 2 aliphatic rings. The van der Waals surface area contributed by atoms with Crippen molar-refractivity contribution in [3.05, 3.63) is 154 Å². The summed E-state index contributed by atoms with van der Waals surface area (Å²) in [7, 11) is 0. The second kappa shape index (κ2) is 16.7. The van der Waals surface area contributed by atoms with Crippen molar-refractivity contribution < 1.29 is 29.6 Å². The van der Waals surface area contributed by atoms with Gasteiger partial charge >= 0.3 is 0 Å². The number of nitrogens with zero attached hydrogens (tertiary/aromatic N) is 1. The molecule has 0 N–H and O–H groups in total. The van der Waals surface area contributed by atoms with Gasteiger partial charge in [0.1, 0.15) is 0 Å². The Bertz CT molecular complexity index is 2190. The summed E-state index contributed by atoms with van der Waals surface area (Å²) in [4.78, 5) is 0. The number of aryl methyl sites for hydroxylation is 2. The van der Waals surface area contributed by atoms with E-state index in [4.69, 9.17) is 14.9 Å². The number of allylic oxidation sites excluding steroid dienone is 4. The number of rotatable bonds is 14. The maximum Gasteiger partial charge on any atom is 0.161 e. The van der Waals surface area contributed by atoms with Gasteiger partial charge in [-0.3, -0.25) is 0 Å². The minimum absolute atomic E-state index is 0. The molecule has 1 unspecified atom stereocenters. The van der Waals surface area contributed by atoms with Crippen molar-refractivity contribution in [2.24, 2.45) is 0 Å². The minimum atomic E-state index is -0.485. The summed E-state index contributed by atoms with van der Waals surface area (Å²) in [5, 5.41) is 9.06. The molecule has 3 nitrogen and oxygen atoms in total. The first-order valence-electron chi connectivity index (χ1n) is 19.1. The first-order chi connectivity index (χ1) is 25.4. The van der Waals surface area contributed by atoms with Crippen molar-refractivity contribution in [3.8, 4) is 44.9 Å². The molecule has 1 spiro atoms. The molecule has 0 bridgehead atoms. The largest absolute Gasteiger partial charge is 0.811 e. The molecule has 5 aromatic rings. The molecule has 0 aliphatic heterocycles. The van der Waals surface area contributed by atoms with E-state index in [1.54, 1.807) is 6.08 Å². The van der Waals surface area contributed by atoms with Crippen LogP contribution in [-0.4, -0.2) is 19.4 Å². The van der Waals surface area contributed by atoms with Crippen LogP contribution in [0.15, 0.2) is 103 Å². The van der Waals surface area contributed by atoms with Gasteiger partial charge < -0.3 is 14.9 Å². The zero-order valence-corrected chi connectivity index (χ0v) is 34.0. The predicted octanol–water partition coefficient (Wildman–Crippen LogP) is 12.8. The Kier molecular flexibility index (Phi) is 12.0. The summed E-state index contributed by atoms with van der Waals surface area (Å²) in [5.41, 5.74) is 16.8. The molecule has 53 heavy (non-hydrogen) atoms. The molecule has 1 atom stereocenters. The SMILES string of the molecule is CCCCCOc1cc2c(cc1OCCCCC)C1(c3ccccc3-c3cc(-c4cc[c-]c(C(C)=C/C=C\C=[N-])c4)ccc31)c1cc(C)c(C)cc1-2.[Ir]. The maximum atomic E-state index is 9.06. The number of hydrogen-bond acceptors (Lipinski definition) is 2. The monoisotopic (exact) mass is 876 g/mol. The maximum absolute atomic E-state index is 9.06. The van der Waals surface area contributed by atoms with Crippen LogP contribution >= 0.6 is 0 Å². The van der Waals surface area contributed by atoms with E-state index in [2.05, 4.69) is 120 Å². The first kappa shape index (κ1) is 38.2. The van der Waals surface area contributed by atoms with Crippen LogP contribution in [0.1, 0.15) is 98.2 Å². The molecule has 1 radical (unpaired) electrons. The third-order valence-electron chi connectivity index (χ3n) is 11.0. The van der Waals surface area contributed by atoms with Crippen LogP contribution in [0, 0.1) is 19.9 Å². The Morgan fingerprint density at radius 1 is 0.660 bits per heavy atom. The Hall–Kier alpha value is -4.50. The van der Waals surface area contributed by atoms with Gasteiger partial charge in [0.05, 0.1) is 18.6 Å². The summed E-state index contributed by atoms with van der Waals surface area (Å²) < 4.78 is 13.2. The van der Waals surface area contributed by atoms with Gasteiger partial charge in [-0.25, -0.2) is 0 Å². The third-order valence-corrected chi connectivity index (χ3v) is 11.0. The summed E-state index contributed by atoms with van der Waals surface area (Å²) in [5.74, 6) is 1.69. The molecule has 0 fully saturated rings. The molecule has 4 heteroatoms. The van der Waals surface area contributed by atoms with E-state index in [1.807, 2.05) is 18.2 Å².